The van der Waals surface area contributed by atoms with E-state index in [0.717, 1.165) is 44.3 Å². The Labute approximate surface area is 187 Å². The minimum atomic E-state index is -0.311. The van der Waals surface area contributed by atoms with Gasteiger partial charge in [-0.3, -0.25) is 0 Å². The van der Waals surface area contributed by atoms with Gasteiger partial charge in [0, 0.05) is 0 Å². The summed E-state index contributed by atoms with van der Waals surface area (Å²) in [6.07, 6.45) is 4.56. The fourth-order valence-electron chi connectivity index (χ4n) is 3.27. The summed E-state index contributed by atoms with van der Waals surface area (Å²) >= 11 is 4.86. The highest BCUT2D eigenvalue weighted by molar-refractivity contribution is 7.98. The molecule has 4 aromatic rings. The number of hydrogen-bond acceptors (Lipinski definition) is 9. The Morgan fingerprint density at radius 3 is 2.87 bits per heavy atom. The van der Waals surface area contributed by atoms with E-state index in [9.17, 15) is 4.79 Å². The first-order valence-corrected chi connectivity index (χ1v) is 12.7. The molecule has 0 unspecified atom stereocenters. The van der Waals surface area contributed by atoms with E-state index in [4.69, 9.17) is 9.72 Å². The Morgan fingerprint density at radius 2 is 2.10 bits per heavy atom. The number of nitrogens with zero attached hydrogens (tertiary/aromatic N) is 3. The largest absolute Gasteiger partial charge is 0.462 e. The van der Waals surface area contributed by atoms with Crippen LogP contribution in [0.5, 0.6) is 0 Å². The van der Waals surface area contributed by atoms with Gasteiger partial charge in [-0.2, -0.15) is 11.8 Å². The van der Waals surface area contributed by atoms with Crippen LogP contribution >= 0.6 is 34.4 Å². The first-order valence-electron chi connectivity index (χ1n) is 9.64. The lowest BCUT2D eigenvalue weighted by Crippen LogP contribution is -2.13. The number of hydrogen-bond donors (Lipinski definition) is 1. The maximum absolute atomic E-state index is 12.3. The van der Waals surface area contributed by atoms with Crippen LogP contribution in [0.1, 0.15) is 39.6 Å². The van der Waals surface area contributed by atoms with Crippen molar-refractivity contribution in [3.63, 3.8) is 0 Å². The molecule has 0 aliphatic rings. The number of rotatable bonds is 8. The molecule has 0 bridgehead atoms. The van der Waals surface area contributed by atoms with Crippen molar-refractivity contribution < 1.29 is 9.53 Å². The molecule has 4 rings (SSSR count). The third kappa shape index (κ3) is 4.14. The van der Waals surface area contributed by atoms with E-state index in [0.29, 0.717) is 11.5 Å². The Morgan fingerprint density at radius 1 is 1.27 bits per heavy atom. The number of aromatic nitrogens is 3. The van der Waals surface area contributed by atoms with Crippen molar-refractivity contribution in [2.45, 2.75) is 26.3 Å². The molecular formula is C21H22N4O2S3. The number of carbonyl (C=O) groups excluding carboxylic acids is 1. The van der Waals surface area contributed by atoms with E-state index in [2.05, 4.69) is 27.6 Å². The van der Waals surface area contributed by atoms with Crippen molar-refractivity contribution >= 4 is 66.7 Å². The lowest BCUT2D eigenvalue weighted by molar-refractivity contribution is 0.0531. The van der Waals surface area contributed by atoms with Crippen LogP contribution in [0.2, 0.25) is 0 Å². The zero-order chi connectivity index (χ0) is 21.1. The number of aryl methyl sites for hydroxylation is 1. The van der Waals surface area contributed by atoms with Gasteiger partial charge in [0.15, 0.2) is 0 Å². The third-order valence-corrected chi connectivity index (χ3v) is 7.69. The summed E-state index contributed by atoms with van der Waals surface area (Å²) < 4.78 is 6.38. The number of carbonyl (C=O) groups is 1. The van der Waals surface area contributed by atoms with Gasteiger partial charge in [0.25, 0.3) is 0 Å². The Kier molecular flexibility index (Phi) is 6.50. The van der Waals surface area contributed by atoms with E-state index in [1.807, 2.05) is 43.8 Å². The zero-order valence-electron chi connectivity index (χ0n) is 17.0. The highest BCUT2D eigenvalue weighted by Crippen LogP contribution is 2.37. The van der Waals surface area contributed by atoms with Crippen molar-refractivity contribution in [1.29, 1.82) is 0 Å². The summed E-state index contributed by atoms with van der Waals surface area (Å²) in [5.74, 6) is 1.42. The number of thioether (sulfide) groups is 1. The molecule has 0 fully saturated rings. The van der Waals surface area contributed by atoms with Crippen LogP contribution in [0.4, 0.5) is 5.82 Å². The summed E-state index contributed by atoms with van der Waals surface area (Å²) in [6.45, 7) is 4.08. The van der Waals surface area contributed by atoms with E-state index in [1.165, 1.54) is 16.0 Å². The molecule has 0 saturated heterocycles. The molecule has 1 aromatic carbocycles. The van der Waals surface area contributed by atoms with E-state index in [-0.39, 0.29) is 12.0 Å². The van der Waals surface area contributed by atoms with E-state index >= 15 is 0 Å². The predicted octanol–water partition coefficient (Wildman–Crippen LogP) is 5.69. The zero-order valence-corrected chi connectivity index (χ0v) is 19.4. The van der Waals surface area contributed by atoms with Crippen LogP contribution in [0, 0.1) is 6.92 Å². The fraction of sp³-hybridized carbons (Fsp3) is 0.333. The Bertz CT molecular complexity index is 1150. The average molecular weight is 459 g/mol. The molecule has 156 valence electrons. The van der Waals surface area contributed by atoms with Crippen molar-refractivity contribution in [2.24, 2.45) is 0 Å². The molecule has 0 radical (unpaired) electrons. The summed E-state index contributed by atoms with van der Waals surface area (Å²) in [4.78, 5) is 27.5. The molecule has 0 saturated carbocycles. The summed E-state index contributed by atoms with van der Waals surface area (Å²) in [5.41, 5.74) is 1.86. The third-order valence-electron chi connectivity index (χ3n) is 4.72. The van der Waals surface area contributed by atoms with Gasteiger partial charge in [-0.15, -0.1) is 22.7 Å². The minimum absolute atomic E-state index is 0.0262. The van der Waals surface area contributed by atoms with Crippen LogP contribution in [-0.4, -0.2) is 39.5 Å². The lowest BCUT2D eigenvalue weighted by atomic mass is 10.1. The minimum Gasteiger partial charge on any atom is -0.462 e. The fourth-order valence-corrected chi connectivity index (χ4v) is 5.84. The second kappa shape index (κ2) is 9.28. The smallest absolute Gasteiger partial charge is 0.348 e. The highest BCUT2D eigenvalue weighted by atomic mass is 32.2. The van der Waals surface area contributed by atoms with Crippen LogP contribution in [0.3, 0.4) is 0 Å². The van der Waals surface area contributed by atoms with Crippen LogP contribution in [0.15, 0.2) is 30.6 Å². The second-order valence-electron chi connectivity index (χ2n) is 6.68. The second-order valence-corrected chi connectivity index (χ2v) is 9.72. The summed E-state index contributed by atoms with van der Waals surface area (Å²) in [6, 6.07) is 8.21. The number of thiophene rings is 1. The number of thiazole rings is 1. The molecule has 3 aromatic heterocycles. The van der Waals surface area contributed by atoms with Crippen molar-refractivity contribution in [3.05, 3.63) is 46.0 Å². The van der Waals surface area contributed by atoms with Gasteiger partial charge in [0.05, 0.1) is 28.3 Å². The number of anilines is 1. The maximum atomic E-state index is 12.3. The van der Waals surface area contributed by atoms with Crippen molar-refractivity contribution in [1.82, 2.24) is 15.0 Å². The number of ether oxygens (including phenoxy) is 1. The van der Waals surface area contributed by atoms with Crippen LogP contribution < -0.4 is 5.32 Å². The molecule has 0 spiro atoms. The molecule has 0 aliphatic heterocycles. The van der Waals surface area contributed by atoms with Gasteiger partial charge in [-0.05, 0) is 50.0 Å². The summed E-state index contributed by atoms with van der Waals surface area (Å²) in [5, 5.41) is 5.51. The van der Waals surface area contributed by atoms with E-state index in [1.54, 1.807) is 17.7 Å². The number of para-hydroxylation sites is 1. The van der Waals surface area contributed by atoms with Gasteiger partial charge < -0.3 is 10.1 Å². The molecule has 3 heterocycles. The van der Waals surface area contributed by atoms with Gasteiger partial charge >= 0.3 is 5.97 Å². The number of nitrogens with one attached hydrogen (secondary N) is 1. The first kappa shape index (κ1) is 21.0. The summed E-state index contributed by atoms with van der Waals surface area (Å²) in [7, 11) is 0. The van der Waals surface area contributed by atoms with Gasteiger partial charge in [0.1, 0.15) is 26.9 Å². The standard InChI is InChI=1S/C21H22N4O2S3/c1-4-27-21(26)17-12(2)16-18(22-11-23-20(16)30-17)24-14(9-10-28-3)19-25-13-7-5-6-8-15(13)29-19/h5-8,11,14H,4,9-10H2,1-3H3,(H,22,23,24)/t14-/m1/s1. The molecule has 6 nitrogen and oxygen atoms in total. The Balaban J connectivity index is 1.73. The van der Waals surface area contributed by atoms with Gasteiger partial charge in [0.2, 0.25) is 0 Å². The molecule has 1 atom stereocenters. The topological polar surface area (TPSA) is 77.0 Å². The molecule has 30 heavy (non-hydrogen) atoms. The van der Waals surface area contributed by atoms with E-state index < -0.39 is 0 Å². The molecule has 0 aliphatic carbocycles. The number of benzene rings is 1. The SMILES string of the molecule is CCOC(=O)c1sc2ncnc(N[C@H](CCSC)c3nc4ccccc4s3)c2c1C. The van der Waals surface area contributed by atoms with Crippen LogP contribution in [0.25, 0.3) is 20.4 Å². The average Bonchev–Trinajstić information content (AvgIpc) is 3.33. The maximum Gasteiger partial charge on any atom is 0.348 e. The Hall–Kier alpha value is -2.23. The predicted molar refractivity (Wildman–Crippen MR) is 127 cm³/mol. The molecule has 9 heteroatoms. The molecule has 0 amide bonds. The lowest BCUT2D eigenvalue weighted by Gasteiger charge is -2.17. The van der Waals surface area contributed by atoms with Crippen LogP contribution in [-0.2, 0) is 4.74 Å². The molecule has 1 N–H and O–H groups in total. The van der Waals surface area contributed by atoms with Gasteiger partial charge in [-0.25, -0.2) is 19.7 Å². The first-order chi connectivity index (χ1) is 14.6. The number of fused-ring (bicyclic) bond motifs is 2. The van der Waals surface area contributed by atoms with Crippen molar-refractivity contribution in [3.8, 4) is 0 Å². The monoisotopic (exact) mass is 458 g/mol. The quantitative estimate of drug-likeness (QED) is 0.340. The van der Waals surface area contributed by atoms with Crippen molar-refractivity contribution in [2.75, 3.05) is 23.9 Å². The normalized spacial score (nSPS) is 12.4. The highest BCUT2D eigenvalue weighted by Gasteiger charge is 2.23. The molecular weight excluding hydrogens is 436 g/mol. The number of esters is 1. The van der Waals surface area contributed by atoms with Gasteiger partial charge in [-0.1, -0.05) is 12.1 Å².